The van der Waals surface area contributed by atoms with Crippen LogP contribution in [0, 0.1) is 5.92 Å². The molecule has 1 saturated heterocycles. The summed E-state index contributed by atoms with van der Waals surface area (Å²) < 4.78 is 4.80. The Balaban J connectivity index is 1.83. The molecular formula is C21H31N3O4. The van der Waals surface area contributed by atoms with E-state index in [0.717, 1.165) is 31.9 Å². The summed E-state index contributed by atoms with van der Waals surface area (Å²) >= 11 is 0. The molecule has 28 heavy (non-hydrogen) atoms. The average Bonchev–Trinajstić information content (AvgIpc) is 2.67. The summed E-state index contributed by atoms with van der Waals surface area (Å²) in [5, 5.41) is 2.81. The molecule has 1 atom stereocenters. The second-order valence-electron chi connectivity index (χ2n) is 7.64. The summed E-state index contributed by atoms with van der Waals surface area (Å²) in [5.41, 5.74) is 1.79. The molecule has 1 aliphatic heterocycles. The van der Waals surface area contributed by atoms with Crippen LogP contribution in [0.1, 0.15) is 37.6 Å². The van der Waals surface area contributed by atoms with Crippen molar-refractivity contribution in [3.8, 4) is 0 Å². The molecule has 154 valence electrons. The molecule has 0 bridgehead atoms. The quantitative estimate of drug-likeness (QED) is 0.539. The monoisotopic (exact) mass is 389 g/mol. The number of Topliss-reactive ketones (excluding diaryl/α,β-unsaturated/α-hetero) is 1. The highest BCUT2D eigenvalue weighted by Crippen LogP contribution is 2.17. The number of amides is 1. The number of ether oxygens (including phenoxy) is 1. The van der Waals surface area contributed by atoms with E-state index in [1.807, 2.05) is 38.1 Å². The number of esters is 1. The number of carbonyl (C=O) groups is 3. The predicted molar refractivity (Wildman–Crippen MR) is 109 cm³/mol. The van der Waals surface area contributed by atoms with Gasteiger partial charge in [-0.15, -0.1) is 0 Å². The van der Waals surface area contributed by atoms with Crippen molar-refractivity contribution >= 4 is 23.3 Å². The number of nitrogens with one attached hydrogen (secondary N) is 1. The van der Waals surface area contributed by atoms with Gasteiger partial charge in [-0.2, -0.15) is 0 Å². The standard InChI is InChI=1S/C21H31N3O4/c1-15(2)13-19(21(27)28-4)22-20(26)14-23-9-11-24(12-10-23)18-7-5-17(6-8-18)16(3)25/h5-8,15,19H,9-14H2,1-4H3,(H,22,26)/t19-/m1/s1. The summed E-state index contributed by atoms with van der Waals surface area (Å²) in [6, 6.07) is 7.02. The fourth-order valence-electron chi connectivity index (χ4n) is 3.34. The Bertz CT molecular complexity index is 679. The summed E-state index contributed by atoms with van der Waals surface area (Å²) in [4.78, 5) is 39.9. The summed E-state index contributed by atoms with van der Waals surface area (Å²) in [7, 11) is 1.34. The van der Waals surface area contributed by atoms with E-state index in [-0.39, 0.29) is 24.2 Å². The first kappa shape index (κ1) is 21.9. The van der Waals surface area contributed by atoms with Crippen LogP contribution in [0.2, 0.25) is 0 Å². The maximum absolute atomic E-state index is 12.4. The minimum Gasteiger partial charge on any atom is -0.467 e. The molecule has 1 fully saturated rings. The number of benzene rings is 1. The van der Waals surface area contributed by atoms with Crippen LogP contribution in [0.5, 0.6) is 0 Å². The summed E-state index contributed by atoms with van der Waals surface area (Å²) in [6.07, 6.45) is 0.558. The Morgan fingerprint density at radius 2 is 1.68 bits per heavy atom. The lowest BCUT2D eigenvalue weighted by Gasteiger charge is -2.36. The van der Waals surface area contributed by atoms with E-state index < -0.39 is 12.0 Å². The van der Waals surface area contributed by atoms with Crippen LogP contribution in [0.25, 0.3) is 0 Å². The van der Waals surface area contributed by atoms with Gasteiger partial charge in [-0.25, -0.2) is 4.79 Å². The van der Waals surface area contributed by atoms with E-state index in [9.17, 15) is 14.4 Å². The van der Waals surface area contributed by atoms with Gasteiger partial charge in [-0.3, -0.25) is 14.5 Å². The normalized spacial score (nSPS) is 16.0. The van der Waals surface area contributed by atoms with Gasteiger partial charge in [-0.1, -0.05) is 13.8 Å². The molecule has 7 heteroatoms. The third-order valence-electron chi connectivity index (χ3n) is 4.91. The van der Waals surface area contributed by atoms with Crippen LogP contribution < -0.4 is 10.2 Å². The number of nitrogens with zero attached hydrogens (tertiary/aromatic N) is 2. The number of hydrogen-bond donors (Lipinski definition) is 1. The lowest BCUT2D eigenvalue weighted by molar-refractivity contribution is -0.145. The van der Waals surface area contributed by atoms with Crippen molar-refractivity contribution in [1.82, 2.24) is 10.2 Å². The third-order valence-corrected chi connectivity index (χ3v) is 4.91. The number of methoxy groups -OCH3 is 1. The molecule has 2 rings (SSSR count). The molecule has 0 spiro atoms. The second kappa shape index (κ2) is 10.2. The van der Waals surface area contributed by atoms with E-state index in [2.05, 4.69) is 15.1 Å². The van der Waals surface area contributed by atoms with Crippen LogP contribution >= 0.6 is 0 Å². The molecule has 0 saturated carbocycles. The smallest absolute Gasteiger partial charge is 0.328 e. The van der Waals surface area contributed by atoms with E-state index >= 15 is 0 Å². The van der Waals surface area contributed by atoms with Gasteiger partial charge >= 0.3 is 5.97 Å². The first-order valence-electron chi connectivity index (χ1n) is 9.75. The van der Waals surface area contributed by atoms with Crippen LogP contribution in [0.3, 0.4) is 0 Å². The number of piperazine rings is 1. The first-order chi connectivity index (χ1) is 13.3. The maximum atomic E-state index is 12.4. The Morgan fingerprint density at radius 3 is 2.18 bits per heavy atom. The van der Waals surface area contributed by atoms with Crippen molar-refractivity contribution in [3.63, 3.8) is 0 Å². The molecule has 1 aromatic rings. The summed E-state index contributed by atoms with van der Waals surface area (Å²) in [5.74, 6) is -0.219. The number of ketones is 1. The van der Waals surface area contributed by atoms with Crippen LogP contribution in [-0.4, -0.2) is 68.4 Å². The van der Waals surface area contributed by atoms with E-state index in [1.165, 1.54) is 7.11 Å². The van der Waals surface area contributed by atoms with Crippen molar-refractivity contribution in [2.24, 2.45) is 5.92 Å². The topological polar surface area (TPSA) is 79.0 Å². The molecule has 0 aliphatic carbocycles. The SMILES string of the molecule is COC(=O)[C@@H](CC(C)C)NC(=O)CN1CCN(c2ccc(C(C)=O)cc2)CC1. The summed E-state index contributed by atoms with van der Waals surface area (Å²) in [6.45, 7) is 8.96. The molecule has 1 aliphatic rings. The molecule has 1 aromatic carbocycles. The van der Waals surface area contributed by atoms with Gasteiger partial charge < -0.3 is 15.0 Å². The Labute approximate surface area is 167 Å². The van der Waals surface area contributed by atoms with Gasteiger partial charge in [0, 0.05) is 37.4 Å². The van der Waals surface area contributed by atoms with Gasteiger partial charge in [0.1, 0.15) is 6.04 Å². The highest BCUT2D eigenvalue weighted by molar-refractivity contribution is 5.94. The lowest BCUT2D eigenvalue weighted by atomic mass is 10.0. The van der Waals surface area contributed by atoms with Gasteiger partial charge in [0.15, 0.2) is 5.78 Å². The first-order valence-corrected chi connectivity index (χ1v) is 9.75. The fourth-order valence-corrected chi connectivity index (χ4v) is 3.34. The number of carbonyl (C=O) groups excluding carboxylic acids is 3. The Kier molecular flexibility index (Phi) is 7.99. The molecule has 1 N–H and O–H groups in total. The zero-order valence-electron chi connectivity index (χ0n) is 17.2. The lowest BCUT2D eigenvalue weighted by Crippen LogP contribution is -2.51. The van der Waals surface area contributed by atoms with Crippen LogP contribution in [-0.2, 0) is 14.3 Å². The largest absolute Gasteiger partial charge is 0.467 e. The zero-order chi connectivity index (χ0) is 20.7. The van der Waals surface area contributed by atoms with Gasteiger partial charge in [0.2, 0.25) is 5.91 Å². The molecule has 0 radical (unpaired) electrons. The Hall–Kier alpha value is -2.41. The number of hydrogen-bond acceptors (Lipinski definition) is 6. The minimum atomic E-state index is -0.599. The van der Waals surface area contributed by atoms with Crippen molar-refractivity contribution < 1.29 is 19.1 Å². The van der Waals surface area contributed by atoms with Crippen molar-refractivity contribution in [2.45, 2.75) is 33.2 Å². The van der Waals surface area contributed by atoms with Crippen molar-refractivity contribution in [3.05, 3.63) is 29.8 Å². The molecule has 7 nitrogen and oxygen atoms in total. The number of rotatable bonds is 8. The van der Waals surface area contributed by atoms with Gasteiger partial charge in [0.25, 0.3) is 0 Å². The van der Waals surface area contributed by atoms with Gasteiger partial charge in [-0.05, 0) is 43.5 Å². The predicted octanol–water partition coefficient (Wildman–Crippen LogP) is 1.72. The fraction of sp³-hybridized carbons (Fsp3) is 0.571. The maximum Gasteiger partial charge on any atom is 0.328 e. The van der Waals surface area contributed by atoms with Crippen LogP contribution in [0.15, 0.2) is 24.3 Å². The molecule has 1 amide bonds. The minimum absolute atomic E-state index is 0.0603. The molecule has 0 unspecified atom stereocenters. The highest BCUT2D eigenvalue weighted by atomic mass is 16.5. The van der Waals surface area contributed by atoms with E-state index in [4.69, 9.17) is 4.74 Å². The zero-order valence-corrected chi connectivity index (χ0v) is 17.2. The molecule has 1 heterocycles. The van der Waals surface area contributed by atoms with Crippen molar-refractivity contribution in [2.75, 3.05) is 44.7 Å². The average molecular weight is 389 g/mol. The van der Waals surface area contributed by atoms with Crippen LogP contribution in [0.4, 0.5) is 5.69 Å². The second-order valence-corrected chi connectivity index (χ2v) is 7.64. The van der Waals surface area contributed by atoms with E-state index in [0.29, 0.717) is 12.0 Å². The highest BCUT2D eigenvalue weighted by Gasteiger charge is 2.25. The van der Waals surface area contributed by atoms with E-state index in [1.54, 1.807) is 6.92 Å². The molecule has 0 aromatic heterocycles. The number of anilines is 1. The van der Waals surface area contributed by atoms with Gasteiger partial charge in [0.05, 0.1) is 13.7 Å². The Morgan fingerprint density at radius 1 is 1.07 bits per heavy atom. The third kappa shape index (κ3) is 6.34. The molecular weight excluding hydrogens is 358 g/mol. The van der Waals surface area contributed by atoms with Crippen molar-refractivity contribution in [1.29, 1.82) is 0 Å².